The average Bonchev–Trinajstić information content (AvgIpc) is 1.61. The van der Waals surface area contributed by atoms with Crippen molar-refractivity contribution in [3.05, 3.63) is 0 Å². The lowest BCUT2D eigenvalue weighted by Crippen LogP contribution is -2.05. The molecule has 644 valence electrons. The molecule has 0 spiro atoms. The smallest absolute Gasteiger partial charge is 0.305 e. The molecule has 0 rings (SSSR count). The fourth-order valence-electron chi connectivity index (χ4n) is 15.5. The summed E-state index contributed by atoms with van der Waals surface area (Å²) in [7, 11) is 0. The molecule has 0 aromatic heterocycles. The van der Waals surface area contributed by atoms with Crippen LogP contribution < -0.4 is 0 Å². The van der Waals surface area contributed by atoms with Crippen molar-refractivity contribution in [3.63, 3.8) is 0 Å². The van der Waals surface area contributed by atoms with E-state index < -0.39 is 0 Å². The van der Waals surface area contributed by atoms with Crippen LogP contribution in [0.25, 0.3) is 0 Å². The number of ether oxygens (including phenoxy) is 4. The van der Waals surface area contributed by atoms with E-state index in [2.05, 4.69) is 27.7 Å². The highest BCUT2D eigenvalue weighted by molar-refractivity contribution is 5.70. The van der Waals surface area contributed by atoms with Gasteiger partial charge in [0.05, 0.1) is 26.4 Å². The lowest BCUT2D eigenvalue weighted by atomic mass is 10.0. The number of unbranched alkanes of at least 4 members (excludes halogenated alkanes) is 78. The van der Waals surface area contributed by atoms with Gasteiger partial charge in [0.1, 0.15) is 0 Å². The Morgan fingerprint density at radius 2 is 0.204 bits per heavy atom. The standard InChI is InChI=1S/C52H102O4.C48H94O4/c1-3-5-7-9-11-13-15-17-19-21-25-29-33-37-41-45-49-55-51(53)47-43-39-35-31-27-23-24-28-32-36-40-44-48-52(54)56-50-46-42-38-34-30-26-22-20-18-16-14-12-10-8-6-4-2;1-3-5-7-9-11-13-15-17-21-25-29-33-37-41-45-51-47(49)43-39-35-31-27-23-19-20-24-28-32-36-40-44-48(50)52-46-42-38-34-30-26-22-18-16-14-12-10-8-6-4-2/h3-50H2,1-2H3;3-46H2,1-2H3. The second-order valence-electron chi connectivity index (χ2n) is 34.2. The first-order valence-corrected chi connectivity index (χ1v) is 50.0. The second-order valence-corrected chi connectivity index (χ2v) is 34.2. The molecule has 8 nitrogen and oxygen atoms in total. The third-order valence-electron chi connectivity index (χ3n) is 23.1. The van der Waals surface area contributed by atoms with Crippen LogP contribution in [-0.4, -0.2) is 50.3 Å². The molecule has 0 aliphatic heterocycles. The van der Waals surface area contributed by atoms with Gasteiger partial charge in [0.15, 0.2) is 0 Å². The third-order valence-corrected chi connectivity index (χ3v) is 23.1. The van der Waals surface area contributed by atoms with E-state index in [0.29, 0.717) is 52.1 Å². The molecular weight excluding hydrogens is 1330 g/mol. The van der Waals surface area contributed by atoms with E-state index in [0.717, 1.165) is 77.0 Å². The number of hydrogen-bond donors (Lipinski definition) is 0. The Hall–Kier alpha value is -2.12. The molecule has 0 saturated carbocycles. The van der Waals surface area contributed by atoms with Crippen LogP contribution in [0.5, 0.6) is 0 Å². The summed E-state index contributed by atoms with van der Waals surface area (Å²) in [5.41, 5.74) is 0. The Morgan fingerprint density at radius 3 is 0.306 bits per heavy atom. The molecule has 0 heterocycles. The Labute approximate surface area is 677 Å². The van der Waals surface area contributed by atoms with Gasteiger partial charge in [0.25, 0.3) is 0 Å². The van der Waals surface area contributed by atoms with E-state index in [-0.39, 0.29) is 23.9 Å². The minimum atomic E-state index is 0.00630. The molecule has 0 aliphatic carbocycles. The number of rotatable bonds is 94. The van der Waals surface area contributed by atoms with E-state index >= 15 is 0 Å². The lowest BCUT2D eigenvalue weighted by molar-refractivity contribution is -0.144. The van der Waals surface area contributed by atoms with Crippen LogP contribution in [0, 0.1) is 0 Å². The summed E-state index contributed by atoms with van der Waals surface area (Å²) in [6, 6.07) is 0. The average molecular weight is 1530 g/mol. The minimum absolute atomic E-state index is 0.00630. The third kappa shape index (κ3) is 102. The van der Waals surface area contributed by atoms with Gasteiger partial charge in [-0.1, -0.05) is 516 Å². The molecule has 0 radical (unpaired) electrons. The fraction of sp³-hybridized carbons (Fsp3) is 0.960. The van der Waals surface area contributed by atoms with Gasteiger partial charge in [0.2, 0.25) is 0 Å². The molecule has 0 N–H and O–H groups in total. The SMILES string of the molecule is CCCCCCCCCCCCCCCCCCOC(=O)CCCCCCCCCCCCCCC(=O)OCCCCCCCCCCCCCCCCCC.CCCCCCCCCCCCCCCCOC(=O)CCCCCCCCCCCCCCC(=O)OCCCCCCCCCCCCCCCC. The highest BCUT2D eigenvalue weighted by Gasteiger charge is 2.09. The quantitative estimate of drug-likeness (QED) is 0.0337. The van der Waals surface area contributed by atoms with E-state index in [9.17, 15) is 19.2 Å². The van der Waals surface area contributed by atoms with Crippen molar-refractivity contribution in [1.82, 2.24) is 0 Å². The van der Waals surface area contributed by atoms with Crippen molar-refractivity contribution in [2.45, 2.75) is 593 Å². The van der Waals surface area contributed by atoms with E-state index in [1.165, 1.54) is 462 Å². The fourth-order valence-corrected chi connectivity index (χ4v) is 15.5. The molecular formula is C100H196O8. The molecule has 0 unspecified atom stereocenters. The monoisotopic (exact) mass is 1530 g/mol. The molecule has 0 atom stereocenters. The molecule has 0 bridgehead atoms. The molecule has 8 heteroatoms. The van der Waals surface area contributed by atoms with Crippen LogP contribution >= 0.6 is 0 Å². The number of carbonyl (C=O) groups is 4. The van der Waals surface area contributed by atoms with Crippen molar-refractivity contribution in [1.29, 1.82) is 0 Å². The zero-order valence-electron chi connectivity index (χ0n) is 74.3. The highest BCUT2D eigenvalue weighted by Crippen LogP contribution is 2.21. The number of carbonyl (C=O) groups excluding carboxylic acids is 4. The maximum atomic E-state index is 12.0. The molecule has 0 aliphatic rings. The van der Waals surface area contributed by atoms with Crippen molar-refractivity contribution < 1.29 is 38.1 Å². The van der Waals surface area contributed by atoms with Crippen molar-refractivity contribution in [2.75, 3.05) is 26.4 Å². The van der Waals surface area contributed by atoms with E-state index in [1.54, 1.807) is 0 Å². The largest absolute Gasteiger partial charge is 0.466 e. The Morgan fingerprint density at radius 1 is 0.120 bits per heavy atom. The normalized spacial score (nSPS) is 11.4. The number of hydrogen-bond acceptors (Lipinski definition) is 8. The van der Waals surface area contributed by atoms with Gasteiger partial charge in [-0.3, -0.25) is 19.2 Å². The van der Waals surface area contributed by atoms with E-state index in [1.807, 2.05) is 0 Å². The molecule has 0 amide bonds. The molecule has 108 heavy (non-hydrogen) atoms. The second kappa shape index (κ2) is 101. The first-order valence-electron chi connectivity index (χ1n) is 50.0. The predicted octanol–water partition coefficient (Wildman–Crippen LogP) is 34.6. The Bertz CT molecular complexity index is 1560. The summed E-state index contributed by atoms with van der Waals surface area (Å²) in [4.78, 5) is 48.1. The van der Waals surface area contributed by atoms with Gasteiger partial charge in [-0.25, -0.2) is 0 Å². The van der Waals surface area contributed by atoms with Gasteiger partial charge >= 0.3 is 23.9 Å². The Balaban J connectivity index is 0. The maximum Gasteiger partial charge on any atom is 0.305 e. The highest BCUT2D eigenvalue weighted by atomic mass is 16.5. The zero-order chi connectivity index (χ0) is 78.2. The predicted molar refractivity (Wildman–Crippen MR) is 473 cm³/mol. The zero-order valence-corrected chi connectivity index (χ0v) is 74.3. The summed E-state index contributed by atoms with van der Waals surface area (Å²) < 4.78 is 21.9. The topological polar surface area (TPSA) is 105 Å². The summed E-state index contributed by atoms with van der Waals surface area (Å²) in [6.07, 6.45) is 113. The first kappa shape index (κ1) is 108. The first-order chi connectivity index (χ1) is 53.4. The van der Waals surface area contributed by atoms with Crippen molar-refractivity contribution in [3.8, 4) is 0 Å². The summed E-state index contributed by atoms with van der Waals surface area (Å²) >= 11 is 0. The van der Waals surface area contributed by atoms with Crippen molar-refractivity contribution in [2.24, 2.45) is 0 Å². The molecule has 0 aromatic carbocycles. The summed E-state index contributed by atoms with van der Waals surface area (Å²) in [6.45, 7) is 11.6. The van der Waals surface area contributed by atoms with Crippen LogP contribution in [-0.2, 0) is 38.1 Å². The Kier molecular flexibility index (Phi) is 101. The van der Waals surface area contributed by atoms with Crippen LogP contribution in [0.3, 0.4) is 0 Å². The summed E-state index contributed by atoms with van der Waals surface area (Å²) in [5, 5.41) is 0. The van der Waals surface area contributed by atoms with Crippen molar-refractivity contribution >= 4 is 23.9 Å². The molecule has 0 aromatic rings. The maximum absolute atomic E-state index is 12.0. The van der Waals surface area contributed by atoms with Crippen LogP contribution in [0.2, 0.25) is 0 Å². The van der Waals surface area contributed by atoms with Gasteiger partial charge < -0.3 is 18.9 Å². The van der Waals surface area contributed by atoms with Gasteiger partial charge in [-0.2, -0.15) is 0 Å². The molecule has 0 saturated heterocycles. The van der Waals surface area contributed by atoms with Gasteiger partial charge in [0, 0.05) is 25.7 Å². The van der Waals surface area contributed by atoms with Crippen LogP contribution in [0.4, 0.5) is 0 Å². The minimum Gasteiger partial charge on any atom is -0.466 e. The van der Waals surface area contributed by atoms with Crippen LogP contribution in [0.15, 0.2) is 0 Å². The van der Waals surface area contributed by atoms with Gasteiger partial charge in [-0.05, 0) is 51.4 Å². The van der Waals surface area contributed by atoms with Gasteiger partial charge in [-0.15, -0.1) is 0 Å². The van der Waals surface area contributed by atoms with Crippen LogP contribution in [0.1, 0.15) is 593 Å². The summed E-state index contributed by atoms with van der Waals surface area (Å²) in [5.74, 6) is 0.0282. The number of esters is 4. The van der Waals surface area contributed by atoms with E-state index in [4.69, 9.17) is 18.9 Å². The molecule has 0 fully saturated rings. The lowest BCUT2D eigenvalue weighted by Gasteiger charge is -2.06.